The Morgan fingerprint density at radius 1 is 1.21 bits per heavy atom. The average molecular weight is 337 g/mol. The van der Waals surface area contributed by atoms with Crippen LogP contribution in [0.2, 0.25) is 0 Å². The molecule has 1 aromatic rings. The van der Waals surface area contributed by atoms with Crippen molar-refractivity contribution >= 4 is 12.1 Å². The van der Waals surface area contributed by atoms with E-state index in [9.17, 15) is 14.0 Å². The van der Waals surface area contributed by atoms with Gasteiger partial charge in [-0.3, -0.25) is 0 Å². The summed E-state index contributed by atoms with van der Waals surface area (Å²) in [7, 11) is 1.23. The summed E-state index contributed by atoms with van der Waals surface area (Å²) in [6, 6.07) is 4.53. The van der Waals surface area contributed by atoms with Crippen molar-refractivity contribution in [1.29, 1.82) is 0 Å². The van der Waals surface area contributed by atoms with Crippen LogP contribution in [0, 0.1) is 5.82 Å². The lowest BCUT2D eigenvalue weighted by Gasteiger charge is -2.33. The van der Waals surface area contributed by atoms with Gasteiger partial charge in [-0.15, -0.1) is 0 Å². The normalized spacial score (nSPS) is 16.0. The number of hydrogen-bond donors (Lipinski definition) is 0. The van der Waals surface area contributed by atoms with E-state index >= 15 is 0 Å². The van der Waals surface area contributed by atoms with Gasteiger partial charge in [-0.1, -0.05) is 6.07 Å². The van der Waals surface area contributed by atoms with Crippen LogP contribution in [0.4, 0.5) is 9.18 Å². The van der Waals surface area contributed by atoms with Crippen LogP contribution in [0.25, 0.3) is 0 Å². The molecule has 1 aliphatic rings. The maximum atomic E-state index is 13.7. The molecule has 24 heavy (non-hydrogen) atoms. The number of likely N-dealkylation sites (tertiary alicyclic amines) is 1. The van der Waals surface area contributed by atoms with Gasteiger partial charge in [-0.25, -0.2) is 14.0 Å². The van der Waals surface area contributed by atoms with Crippen LogP contribution in [-0.2, 0) is 9.47 Å². The number of rotatable bonds is 2. The molecule has 1 aromatic carbocycles. The molecule has 0 radical (unpaired) electrons. The van der Waals surface area contributed by atoms with Gasteiger partial charge in [0.05, 0.1) is 12.7 Å². The predicted octanol–water partition coefficient (Wildman–Crippen LogP) is 3.73. The standard InChI is InChI=1S/C18H24FNO4/c1-18(2,3)24-17(22)20-9-7-12(8-10-20)13-5-6-15(19)14(11-13)16(21)23-4/h5-6,11-12H,7-10H2,1-4H3. The smallest absolute Gasteiger partial charge is 0.410 e. The zero-order valence-electron chi connectivity index (χ0n) is 14.6. The molecule has 0 spiro atoms. The number of amides is 1. The zero-order chi connectivity index (χ0) is 17.9. The Balaban J connectivity index is 2.02. The monoisotopic (exact) mass is 337 g/mol. The molecule has 5 nitrogen and oxygen atoms in total. The first kappa shape index (κ1) is 18.2. The first-order chi connectivity index (χ1) is 11.2. The number of methoxy groups -OCH3 is 1. The number of hydrogen-bond acceptors (Lipinski definition) is 4. The summed E-state index contributed by atoms with van der Waals surface area (Å²) < 4.78 is 23.7. The highest BCUT2D eigenvalue weighted by Crippen LogP contribution is 2.30. The third-order valence-electron chi connectivity index (χ3n) is 4.01. The van der Waals surface area contributed by atoms with Crippen molar-refractivity contribution in [2.24, 2.45) is 0 Å². The van der Waals surface area contributed by atoms with E-state index in [-0.39, 0.29) is 17.6 Å². The summed E-state index contributed by atoms with van der Waals surface area (Å²) in [4.78, 5) is 25.4. The van der Waals surface area contributed by atoms with Crippen LogP contribution < -0.4 is 0 Å². The molecule has 0 atom stereocenters. The number of halogens is 1. The summed E-state index contributed by atoms with van der Waals surface area (Å²) in [5, 5.41) is 0. The number of benzene rings is 1. The van der Waals surface area contributed by atoms with Crippen LogP contribution in [0.15, 0.2) is 18.2 Å². The maximum absolute atomic E-state index is 13.7. The van der Waals surface area contributed by atoms with Gasteiger partial charge < -0.3 is 14.4 Å². The highest BCUT2D eigenvalue weighted by molar-refractivity contribution is 5.89. The van der Waals surface area contributed by atoms with Gasteiger partial charge >= 0.3 is 12.1 Å². The lowest BCUT2D eigenvalue weighted by Crippen LogP contribution is -2.41. The van der Waals surface area contributed by atoms with Crippen molar-refractivity contribution in [2.75, 3.05) is 20.2 Å². The molecule has 1 saturated heterocycles. The van der Waals surface area contributed by atoms with Crippen LogP contribution in [0.1, 0.15) is 55.5 Å². The van der Waals surface area contributed by atoms with Crippen molar-refractivity contribution in [3.8, 4) is 0 Å². The lowest BCUT2D eigenvalue weighted by atomic mass is 9.88. The quantitative estimate of drug-likeness (QED) is 0.772. The molecule has 0 aromatic heterocycles. The van der Waals surface area contributed by atoms with E-state index in [4.69, 9.17) is 4.74 Å². The summed E-state index contributed by atoms with van der Waals surface area (Å²) >= 11 is 0. The molecule has 1 fully saturated rings. The molecular formula is C18H24FNO4. The minimum Gasteiger partial charge on any atom is -0.465 e. The Labute approximate surface area is 141 Å². The molecular weight excluding hydrogens is 313 g/mol. The Kier molecular flexibility index (Phi) is 5.47. The minimum atomic E-state index is -0.680. The minimum absolute atomic E-state index is 0.0513. The van der Waals surface area contributed by atoms with E-state index in [1.807, 2.05) is 20.8 Å². The first-order valence-electron chi connectivity index (χ1n) is 8.07. The van der Waals surface area contributed by atoms with E-state index in [1.54, 1.807) is 17.0 Å². The van der Waals surface area contributed by atoms with Gasteiger partial charge in [0.1, 0.15) is 11.4 Å². The number of carbonyl (C=O) groups excluding carboxylic acids is 2. The largest absolute Gasteiger partial charge is 0.465 e. The van der Waals surface area contributed by atoms with Crippen LogP contribution in [0.5, 0.6) is 0 Å². The Hall–Kier alpha value is -2.11. The molecule has 1 heterocycles. The second kappa shape index (κ2) is 7.20. The Bertz CT molecular complexity index is 616. The van der Waals surface area contributed by atoms with E-state index in [1.165, 1.54) is 13.2 Å². The molecule has 2 rings (SSSR count). The number of ether oxygens (including phenoxy) is 2. The topological polar surface area (TPSA) is 55.8 Å². The lowest BCUT2D eigenvalue weighted by molar-refractivity contribution is 0.0205. The van der Waals surface area contributed by atoms with Crippen molar-refractivity contribution in [3.63, 3.8) is 0 Å². The van der Waals surface area contributed by atoms with Gasteiger partial charge in [0.2, 0.25) is 0 Å². The molecule has 0 bridgehead atoms. The van der Waals surface area contributed by atoms with Crippen molar-refractivity contribution in [1.82, 2.24) is 4.90 Å². The molecule has 0 unspecified atom stereocenters. The van der Waals surface area contributed by atoms with Crippen LogP contribution in [0.3, 0.4) is 0 Å². The van der Waals surface area contributed by atoms with Crippen LogP contribution >= 0.6 is 0 Å². The second-order valence-electron chi connectivity index (χ2n) is 6.97. The number of piperidine rings is 1. The van der Waals surface area contributed by atoms with E-state index in [0.717, 1.165) is 18.4 Å². The average Bonchev–Trinajstić information content (AvgIpc) is 2.53. The van der Waals surface area contributed by atoms with E-state index in [2.05, 4.69) is 4.74 Å². The SMILES string of the molecule is COC(=O)c1cc(C2CCN(C(=O)OC(C)(C)C)CC2)ccc1F. The van der Waals surface area contributed by atoms with Gasteiger partial charge in [-0.2, -0.15) is 0 Å². The fourth-order valence-corrected chi connectivity index (χ4v) is 2.79. The second-order valence-corrected chi connectivity index (χ2v) is 6.97. The third-order valence-corrected chi connectivity index (χ3v) is 4.01. The number of esters is 1. The fourth-order valence-electron chi connectivity index (χ4n) is 2.79. The highest BCUT2D eigenvalue weighted by atomic mass is 19.1. The number of carbonyl (C=O) groups is 2. The molecule has 1 amide bonds. The number of nitrogens with zero attached hydrogens (tertiary/aromatic N) is 1. The molecule has 0 N–H and O–H groups in total. The van der Waals surface area contributed by atoms with Gasteiger partial charge in [0, 0.05) is 13.1 Å². The van der Waals surface area contributed by atoms with Gasteiger partial charge in [0.25, 0.3) is 0 Å². The Morgan fingerprint density at radius 2 is 1.83 bits per heavy atom. The summed E-state index contributed by atoms with van der Waals surface area (Å²) in [5.74, 6) is -1.09. The summed E-state index contributed by atoms with van der Waals surface area (Å²) in [6.07, 6.45) is 1.17. The van der Waals surface area contributed by atoms with Gasteiger partial charge in [-0.05, 0) is 57.2 Å². The molecule has 0 aliphatic carbocycles. The fraction of sp³-hybridized carbons (Fsp3) is 0.556. The molecule has 6 heteroatoms. The summed E-state index contributed by atoms with van der Waals surface area (Å²) in [6.45, 7) is 6.66. The van der Waals surface area contributed by atoms with E-state index in [0.29, 0.717) is 13.1 Å². The molecule has 0 saturated carbocycles. The van der Waals surface area contributed by atoms with Crippen molar-refractivity contribution < 1.29 is 23.5 Å². The maximum Gasteiger partial charge on any atom is 0.410 e. The Morgan fingerprint density at radius 3 is 2.38 bits per heavy atom. The molecule has 132 valence electrons. The highest BCUT2D eigenvalue weighted by Gasteiger charge is 2.28. The first-order valence-corrected chi connectivity index (χ1v) is 8.07. The summed E-state index contributed by atoms with van der Waals surface area (Å²) in [5.41, 5.74) is 0.325. The third kappa shape index (κ3) is 4.46. The van der Waals surface area contributed by atoms with Crippen molar-refractivity contribution in [3.05, 3.63) is 35.1 Å². The zero-order valence-corrected chi connectivity index (χ0v) is 14.6. The van der Waals surface area contributed by atoms with Gasteiger partial charge in [0.15, 0.2) is 0 Å². The van der Waals surface area contributed by atoms with Crippen LogP contribution in [-0.4, -0.2) is 42.8 Å². The molecule has 1 aliphatic heterocycles. The van der Waals surface area contributed by atoms with E-state index < -0.39 is 17.4 Å². The van der Waals surface area contributed by atoms with Crippen molar-refractivity contribution in [2.45, 2.75) is 45.1 Å². The predicted molar refractivity (Wildman–Crippen MR) is 87.5 cm³/mol.